The van der Waals surface area contributed by atoms with E-state index in [1.165, 1.54) is 0 Å². The first-order valence-corrected chi connectivity index (χ1v) is 8.25. The van der Waals surface area contributed by atoms with Gasteiger partial charge in [0.25, 0.3) is 0 Å². The zero-order valence-corrected chi connectivity index (χ0v) is 14.7. The Morgan fingerprint density at radius 1 is 1.48 bits per heavy atom. The number of carbonyl (C=O) groups excluding carboxylic acids is 1. The molecule has 0 radical (unpaired) electrons. The van der Waals surface area contributed by atoms with Crippen LogP contribution in [0, 0.1) is 0 Å². The predicted molar refractivity (Wildman–Crippen MR) is 92.7 cm³/mol. The monoisotopic (exact) mass is 348 g/mol. The molecular weight excluding hydrogens is 327 g/mol. The maximum Gasteiger partial charge on any atom is 0.236 e. The topological polar surface area (TPSA) is 32.3 Å². The van der Waals surface area contributed by atoms with Crippen LogP contribution in [0.25, 0.3) is 0 Å². The van der Waals surface area contributed by atoms with Gasteiger partial charge in [0.15, 0.2) is 0 Å². The van der Waals surface area contributed by atoms with E-state index in [0.29, 0.717) is 6.04 Å². The van der Waals surface area contributed by atoms with Gasteiger partial charge in [0.05, 0.1) is 5.25 Å². The van der Waals surface area contributed by atoms with Gasteiger partial charge in [-0.05, 0) is 51.1 Å². The van der Waals surface area contributed by atoms with Crippen molar-refractivity contribution in [1.29, 1.82) is 0 Å². The number of carbonyl (C=O) groups is 1. The lowest BCUT2D eigenvalue weighted by Crippen LogP contribution is -2.44. The summed E-state index contributed by atoms with van der Waals surface area (Å²) in [6.07, 6.45) is 2.21. The van der Waals surface area contributed by atoms with E-state index in [0.717, 1.165) is 35.8 Å². The molecule has 2 unspecified atom stereocenters. The molecule has 0 bridgehead atoms. The van der Waals surface area contributed by atoms with Crippen LogP contribution in [0.15, 0.2) is 29.2 Å². The van der Waals surface area contributed by atoms with E-state index in [9.17, 15) is 4.79 Å². The minimum absolute atomic E-state index is 0. The molecule has 2 atom stereocenters. The van der Waals surface area contributed by atoms with E-state index in [1.807, 2.05) is 43.1 Å². The number of likely N-dealkylation sites (tertiary alicyclic amines) is 1. The van der Waals surface area contributed by atoms with Crippen molar-refractivity contribution in [2.24, 2.45) is 0 Å². The first-order valence-electron chi connectivity index (χ1n) is 6.99. The first kappa shape index (κ1) is 18.6. The molecule has 118 valence electrons. The molecule has 1 heterocycles. The smallest absolute Gasteiger partial charge is 0.236 e. The third-order valence-electron chi connectivity index (χ3n) is 3.57. The second kappa shape index (κ2) is 8.89. The number of nitrogens with zero attached hydrogens (tertiary/aromatic N) is 1. The third kappa shape index (κ3) is 5.06. The highest BCUT2D eigenvalue weighted by Crippen LogP contribution is 2.28. The molecule has 1 aliphatic heterocycles. The molecule has 2 rings (SSSR count). The van der Waals surface area contributed by atoms with Gasteiger partial charge in [-0.3, -0.25) is 4.79 Å². The quantitative estimate of drug-likeness (QED) is 0.827. The molecule has 0 aliphatic carbocycles. The van der Waals surface area contributed by atoms with Crippen LogP contribution in [0.3, 0.4) is 0 Å². The minimum atomic E-state index is -0.0615. The molecule has 3 nitrogen and oxygen atoms in total. The summed E-state index contributed by atoms with van der Waals surface area (Å²) in [5, 5.41) is 3.84. The average Bonchev–Trinajstić information content (AvgIpc) is 2.89. The highest BCUT2D eigenvalue weighted by Gasteiger charge is 2.31. The SMILES string of the molecule is CNCC1CCCN1C(=O)C(C)Sc1ccc(Cl)cc1.Cl. The van der Waals surface area contributed by atoms with E-state index in [4.69, 9.17) is 11.6 Å². The standard InChI is InChI=1S/C15H21ClN2OS.ClH/c1-11(20-14-7-5-12(16)6-8-14)15(19)18-9-3-4-13(18)10-17-2;/h5-8,11,13,17H,3-4,9-10H2,1-2H3;1H. The van der Waals surface area contributed by atoms with Crippen molar-refractivity contribution in [3.8, 4) is 0 Å². The van der Waals surface area contributed by atoms with Gasteiger partial charge in [-0.25, -0.2) is 0 Å². The molecule has 1 N–H and O–H groups in total. The molecule has 6 heteroatoms. The molecule has 21 heavy (non-hydrogen) atoms. The van der Waals surface area contributed by atoms with Gasteiger partial charge in [-0.1, -0.05) is 11.6 Å². The fourth-order valence-electron chi connectivity index (χ4n) is 2.57. The van der Waals surface area contributed by atoms with Crippen molar-refractivity contribution in [2.75, 3.05) is 20.1 Å². The maximum atomic E-state index is 12.6. The number of amides is 1. The summed E-state index contributed by atoms with van der Waals surface area (Å²) in [6.45, 7) is 3.75. The second-order valence-electron chi connectivity index (χ2n) is 5.10. The summed E-state index contributed by atoms with van der Waals surface area (Å²) in [5.74, 6) is 0.239. The van der Waals surface area contributed by atoms with Crippen LogP contribution >= 0.6 is 35.8 Å². The zero-order valence-electron chi connectivity index (χ0n) is 12.3. The normalized spacial score (nSPS) is 19.2. The lowest BCUT2D eigenvalue weighted by Gasteiger charge is -2.27. The van der Waals surface area contributed by atoms with E-state index in [2.05, 4.69) is 5.32 Å². The van der Waals surface area contributed by atoms with Gasteiger partial charge < -0.3 is 10.2 Å². The van der Waals surface area contributed by atoms with Crippen LogP contribution < -0.4 is 5.32 Å². The van der Waals surface area contributed by atoms with Gasteiger partial charge >= 0.3 is 0 Å². The molecule has 0 saturated carbocycles. The summed E-state index contributed by atoms with van der Waals surface area (Å²) >= 11 is 7.47. The van der Waals surface area contributed by atoms with Crippen LogP contribution in [-0.2, 0) is 4.79 Å². The lowest BCUT2D eigenvalue weighted by atomic mass is 10.2. The van der Waals surface area contributed by atoms with Crippen molar-refractivity contribution < 1.29 is 4.79 Å². The van der Waals surface area contributed by atoms with E-state index in [1.54, 1.807) is 11.8 Å². The van der Waals surface area contributed by atoms with Crippen LogP contribution in [-0.4, -0.2) is 42.2 Å². The Hall–Kier alpha value is -0.420. The summed E-state index contributed by atoms with van der Waals surface area (Å²) < 4.78 is 0. The molecule has 0 spiro atoms. The molecule has 1 amide bonds. The van der Waals surface area contributed by atoms with Crippen LogP contribution in [0.2, 0.25) is 5.02 Å². The van der Waals surface area contributed by atoms with Crippen molar-refractivity contribution in [1.82, 2.24) is 10.2 Å². The minimum Gasteiger partial charge on any atom is -0.337 e. The van der Waals surface area contributed by atoms with E-state index < -0.39 is 0 Å². The number of thioether (sulfide) groups is 1. The number of hydrogen-bond donors (Lipinski definition) is 1. The van der Waals surface area contributed by atoms with Gasteiger partial charge in [0.2, 0.25) is 5.91 Å². The van der Waals surface area contributed by atoms with Gasteiger partial charge in [0, 0.05) is 29.0 Å². The summed E-state index contributed by atoms with van der Waals surface area (Å²) in [5.41, 5.74) is 0. The number of nitrogens with one attached hydrogen (secondary N) is 1. The number of benzene rings is 1. The Morgan fingerprint density at radius 2 is 2.14 bits per heavy atom. The fourth-order valence-corrected chi connectivity index (χ4v) is 3.64. The number of likely N-dealkylation sites (N-methyl/N-ethyl adjacent to an activating group) is 1. The first-order chi connectivity index (χ1) is 9.61. The Balaban J connectivity index is 0.00000220. The Bertz CT molecular complexity index is 455. The van der Waals surface area contributed by atoms with Crippen LogP contribution in [0.5, 0.6) is 0 Å². The number of halogens is 2. The Labute approximate surface area is 142 Å². The lowest BCUT2D eigenvalue weighted by molar-refractivity contribution is -0.131. The molecular formula is C15H22Cl2N2OS. The Kier molecular flexibility index (Phi) is 7.88. The molecule has 1 fully saturated rings. The number of hydrogen-bond acceptors (Lipinski definition) is 3. The maximum absolute atomic E-state index is 12.6. The highest BCUT2D eigenvalue weighted by atomic mass is 35.5. The second-order valence-corrected chi connectivity index (χ2v) is 6.95. The van der Waals surface area contributed by atoms with Crippen LogP contribution in [0.4, 0.5) is 0 Å². The van der Waals surface area contributed by atoms with Crippen LogP contribution in [0.1, 0.15) is 19.8 Å². The van der Waals surface area contributed by atoms with Crippen molar-refractivity contribution in [3.05, 3.63) is 29.3 Å². The van der Waals surface area contributed by atoms with Gasteiger partial charge in [-0.15, -0.1) is 24.2 Å². The summed E-state index contributed by atoms with van der Waals surface area (Å²) in [7, 11) is 1.94. The van der Waals surface area contributed by atoms with Crippen molar-refractivity contribution >= 4 is 41.7 Å². The number of rotatable bonds is 5. The summed E-state index contributed by atoms with van der Waals surface area (Å²) in [6, 6.07) is 8.00. The van der Waals surface area contributed by atoms with Crippen molar-refractivity contribution in [3.63, 3.8) is 0 Å². The molecule has 1 aliphatic rings. The Morgan fingerprint density at radius 3 is 2.76 bits per heavy atom. The highest BCUT2D eigenvalue weighted by molar-refractivity contribution is 8.00. The summed E-state index contributed by atoms with van der Waals surface area (Å²) in [4.78, 5) is 15.7. The molecule has 0 aromatic heterocycles. The van der Waals surface area contributed by atoms with Crippen molar-refractivity contribution in [2.45, 2.75) is 36.0 Å². The van der Waals surface area contributed by atoms with Gasteiger partial charge in [-0.2, -0.15) is 0 Å². The average molecular weight is 349 g/mol. The van der Waals surface area contributed by atoms with E-state index in [-0.39, 0.29) is 23.6 Å². The zero-order chi connectivity index (χ0) is 14.5. The molecule has 1 aromatic carbocycles. The molecule has 1 aromatic rings. The van der Waals surface area contributed by atoms with E-state index >= 15 is 0 Å². The largest absolute Gasteiger partial charge is 0.337 e. The molecule has 1 saturated heterocycles. The fraction of sp³-hybridized carbons (Fsp3) is 0.533. The third-order valence-corrected chi connectivity index (χ3v) is 4.93. The predicted octanol–water partition coefficient (Wildman–Crippen LogP) is 3.45. The van der Waals surface area contributed by atoms with Gasteiger partial charge in [0.1, 0.15) is 0 Å².